The fourth-order valence-electron chi connectivity index (χ4n) is 4.42. The topological polar surface area (TPSA) is 100.0 Å². The summed E-state index contributed by atoms with van der Waals surface area (Å²) >= 11 is 0. The highest BCUT2D eigenvalue weighted by Gasteiger charge is 2.24. The van der Waals surface area contributed by atoms with Crippen molar-refractivity contribution in [1.29, 1.82) is 0 Å². The molecule has 4 rings (SSSR count). The Bertz CT molecular complexity index is 932. The number of benzene rings is 1. The Morgan fingerprint density at radius 1 is 1.12 bits per heavy atom. The SMILES string of the molecule is COc1cc(OC)c(CN2CCc3nnc(CCNC(=O)[C@@H]4CCCO4)n3CC2)c(OC)c1. The zero-order valence-corrected chi connectivity index (χ0v) is 19.6. The summed E-state index contributed by atoms with van der Waals surface area (Å²) in [6.07, 6.45) is 2.88. The van der Waals surface area contributed by atoms with Gasteiger partial charge in [0.1, 0.15) is 35.0 Å². The van der Waals surface area contributed by atoms with E-state index in [2.05, 4.69) is 25.0 Å². The summed E-state index contributed by atoms with van der Waals surface area (Å²) < 4.78 is 24.2. The minimum Gasteiger partial charge on any atom is -0.496 e. The van der Waals surface area contributed by atoms with Crippen molar-refractivity contribution in [1.82, 2.24) is 25.0 Å². The Balaban J connectivity index is 1.37. The molecule has 1 atom stereocenters. The number of carbonyl (C=O) groups excluding carboxylic acids is 1. The predicted molar refractivity (Wildman–Crippen MR) is 121 cm³/mol. The Kier molecular flexibility index (Phi) is 7.66. The first-order valence-electron chi connectivity index (χ1n) is 11.4. The van der Waals surface area contributed by atoms with Crippen molar-refractivity contribution in [2.24, 2.45) is 0 Å². The molecule has 1 aromatic heterocycles. The second-order valence-corrected chi connectivity index (χ2v) is 8.26. The van der Waals surface area contributed by atoms with Crippen LogP contribution in [0.4, 0.5) is 0 Å². The second-order valence-electron chi connectivity index (χ2n) is 8.26. The molecular weight excluding hydrogens is 426 g/mol. The van der Waals surface area contributed by atoms with Crippen LogP contribution in [0, 0.1) is 0 Å². The number of amides is 1. The molecule has 2 aliphatic rings. The number of carbonyl (C=O) groups is 1. The minimum atomic E-state index is -0.305. The lowest BCUT2D eigenvalue weighted by Gasteiger charge is -2.23. The van der Waals surface area contributed by atoms with Crippen LogP contribution in [0.3, 0.4) is 0 Å². The summed E-state index contributed by atoms with van der Waals surface area (Å²) in [5, 5.41) is 11.7. The van der Waals surface area contributed by atoms with Crippen molar-refractivity contribution < 1.29 is 23.7 Å². The number of hydrogen-bond acceptors (Lipinski definition) is 8. The van der Waals surface area contributed by atoms with Crippen molar-refractivity contribution in [3.05, 3.63) is 29.3 Å². The minimum absolute atomic E-state index is 0.0309. The molecule has 0 unspecified atom stereocenters. The monoisotopic (exact) mass is 459 g/mol. The zero-order chi connectivity index (χ0) is 23.2. The van der Waals surface area contributed by atoms with E-state index in [4.69, 9.17) is 18.9 Å². The lowest BCUT2D eigenvalue weighted by molar-refractivity contribution is -0.130. The van der Waals surface area contributed by atoms with Crippen LogP contribution in [0.2, 0.25) is 0 Å². The smallest absolute Gasteiger partial charge is 0.249 e. The molecule has 2 aliphatic heterocycles. The van der Waals surface area contributed by atoms with Crippen LogP contribution >= 0.6 is 0 Å². The van der Waals surface area contributed by atoms with Gasteiger partial charge in [0.2, 0.25) is 5.91 Å². The number of nitrogens with zero attached hydrogens (tertiary/aromatic N) is 4. The normalized spacial score (nSPS) is 18.5. The van der Waals surface area contributed by atoms with Crippen LogP contribution in [0.5, 0.6) is 17.2 Å². The molecule has 2 aromatic rings. The van der Waals surface area contributed by atoms with Gasteiger partial charge in [0.05, 0.1) is 26.9 Å². The van der Waals surface area contributed by atoms with Gasteiger partial charge in [0.15, 0.2) is 0 Å². The molecule has 0 bridgehead atoms. The first-order valence-corrected chi connectivity index (χ1v) is 11.4. The molecule has 1 fully saturated rings. The third-order valence-corrected chi connectivity index (χ3v) is 6.26. The first-order chi connectivity index (χ1) is 16.1. The highest BCUT2D eigenvalue weighted by molar-refractivity contribution is 5.80. The lowest BCUT2D eigenvalue weighted by Crippen LogP contribution is -2.35. The number of hydrogen-bond donors (Lipinski definition) is 1. The Hall–Kier alpha value is -2.85. The molecule has 0 radical (unpaired) electrons. The van der Waals surface area contributed by atoms with Gasteiger partial charge in [0, 0.05) is 64.3 Å². The van der Waals surface area contributed by atoms with E-state index in [1.807, 2.05) is 12.1 Å². The van der Waals surface area contributed by atoms with Crippen LogP contribution in [-0.4, -0.2) is 79.2 Å². The van der Waals surface area contributed by atoms with Gasteiger partial charge < -0.3 is 28.8 Å². The van der Waals surface area contributed by atoms with Gasteiger partial charge in [-0.2, -0.15) is 0 Å². The molecule has 1 aromatic carbocycles. The third-order valence-electron chi connectivity index (χ3n) is 6.26. The van der Waals surface area contributed by atoms with Gasteiger partial charge in [-0.25, -0.2) is 0 Å². The van der Waals surface area contributed by atoms with Gasteiger partial charge in [-0.15, -0.1) is 10.2 Å². The fraction of sp³-hybridized carbons (Fsp3) is 0.609. The van der Waals surface area contributed by atoms with E-state index >= 15 is 0 Å². The van der Waals surface area contributed by atoms with Gasteiger partial charge in [-0.3, -0.25) is 9.69 Å². The van der Waals surface area contributed by atoms with Crippen LogP contribution in [0.1, 0.15) is 30.1 Å². The average Bonchev–Trinajstić information content (AvgIpc) is 3.47. The number of ether oxygens (including phenoxy) is 4. The summed E-state index contributed by atoms with van der Waals surface area (Å²) in [5.41, 5.74) is 0.996. The van der Waals surface area contributed by atoms with Crippen LogP contribution in [0.25, 0.3) is 0 Å². The Morgan fingerprint density at radius 3 is 2.58 bits per heavy atom. The molecule has 3 heterocycles. The van der Waals surface area contributed by atoms with Gasteiger partial charge in [-0.1, -0.05) is 0 Å². The number of nitrogens with one attached hydrogen (secondary N) is 1. The highest BCUT2D eigenvalue weighted by atomic mass is 16.5. The van der Waals surface area contributed by atoms with Crippen molar-refractivity contribution in [3.8, 4) is 17.2 Å². The molecular formula is C23H33N5O5. The van der Waals surface area contributed by atoms with Crippen molar-refractivity contribution in [3.63, 3.8) is 0 Å². The summed E-state index contributed by atoms with van der Waals surface area (Å²) in [4.78, 5) is 14.5. The van der Waals surface area contributed by atoms with E-state index < -0.39 is 0 Å². The van der Waals surface area contributed by atoms with Crippen LogP contribution < -0.4 is 19.5 Å². The van der Waals surface area contributed by atoms with E-state index in [0.717, 1.165) is 67.6 Å². The van der Waals surface area contributed by atoms with E-state index in [1.54, 1.807) is 21.3 Å². The number of fused-ring (bicyclic) bond motifs is 1. The molecule has 0 saturated carbocycles. The zero-order valence-electron chi connectivity index (χ0n) is 19.6. The predicted octanol–water partition coefficient (Wildman–Crippen LogP) is 1.20. The molecule has 1 N–H and O–H groups in total. The van der Waals surface area contributed by atoms with Crippen LogP contribution in [-0.2, 0) is 35.5 Å². The summed E-state index contributed by atoms with van der Waals surface area (Å²) in [6.45, 7) is 4.38. The largest absolute Gasteiger partial charge is 0.496 e. The lowest BCUT2D eigenvalue weighted by atomic mass is 10.1. The molecule has 180 valence electrons. The molecule has 0 aliphatic carbocycles. The van der Waals surface area contributed by atoms with Crippen molar-refractivity contribution in [2.45, 2.75) is 44.9 Å². The Morgan fingerprint density at radius 2 is 1.91 bits per heavy atom. The molecule has 1 amide bonds. The molecule has 10 nitrogen and oxygen atoms in total. The maximum atomic E-state index is 12.2. The van der Waals surface area contributed by atoms with Crippen LogP contribution in [0.15, 0.2) is 12.1 Å². The van der Waals surface area contributed by atoms with E-state index in [1.165, 1.54) is 0 Å². The molecule has 10 heteroatoms. The van der Waals surface area contributed by atoms with E-state index in [-0.39, 0.29) is 12.0 Å². The van der Waals surface area contributed by atoms with Gasteiger partial charge in [0.25, 0.3) is 0 Å². The van der Waals surface area contributed by atoms with E-state index in [9.17, 15) is 4.79 Å². The van der Waals surface area contributed by atoms with Crippen molar-refractivity contribution >= 4 is 5.91 Å². The maximum Gasteiger partial charge on any atom is 0.249 e. The summed E-state index contributed by atoms with van der Waals surface area (Å²) in [7, 11) is 4.94. The number of methoxy groups -OCH3 is 3. The van der Waals surface area contributed by atoms with Gasteiger partial charge >= 0.3 is 0 Å². The maximum absolute atomic E-state index is 12.2. The fourth-order valence-corrected chi connectivity index (χ4v) is 4.42. The van der Waals surface area contributed by atoms with Crippen molar-refractivity contribution in [2.75, 3.05) is 47.6 Å². The molecule has 1 saturated heterocycles. The van der Waals surface area contributed by atoms with E-state index in [0.29, 0.717) is 31.9 Å². The van der Waals surface area contributed by atoms with Gasteiger partial charge in [-0.05, 0) is 12.8 Å². The quantitative estimate of drug-likeness (QED) is 0.597. The summed E-state index contributed by atoms with van der Waals surface area (Å²) in [5.74, 6) is 4.04. The standard InChI is InChI=1S/C23H33N5O5/c1-30-16-13-19(31-2)17(20(14-16)32-3)15-27-9-7-22-26-25-21(28(22)11-10-27)6-8-24-23(29)18-5-4-12-33-18/h13-14,18H,4-12,15H2,1-3H3,(H,24,29)/t18-/m0/s1. The number of aromatic nitrogens is 3. The average molecular weight is 460 g/mol. The first kappa shape index (κ1) is 23.3. The third kappa shape index (κ3) is 5.39. The summed E-state index contributed by atoms with van der Waals surface area (Å²) in [6, 6.07) is 3.77. The molecule has 0 spiro atoms. The molecule has 33 heavy (non-hydrogen) atoms. The Labute approximate surface area is 194 Å². The number of rotatable bonds is 9. The second kappa shape index (κ2) is 10.8. The highest BCUT2D eigenvalue weighted by Crippen LogP contribution is 2.35.